The largest absolute Gasteiger partial charge is 0.481 e. The molecule has 1 aliphatic heterocycles. The zero-order valence-electron chi connectivity index (χ0n) is 13.5. The summed E-state index contributed by atoms with van der Waals surface area (Å²) >= 11 is 0. The Morgan fingerprint density at radius 3 is 2.77 bits per heavy atom. The second-order valence-electron chi connectivity index (χ2n) is 5.72. The summed E-state index contributed by atoms with van der Waals surface area (Å²) in [5.41, 5.74) is 1.68. The molecule has 3 heterocycles. The molecule has 3 rings (SSSR count). The lowest BCUT2D eigenvalue weighted by Gasteiger charge is -2.15. The number of ether oxygens (including phenoxy) is 1. The summed E-state index contributed by atoms with van der Waals surface area (Å²) in [6.45, 7) is 4.10. The maximum absolute atomic E-state index is 5.24. The van der Waals surface area contributed by atoms with Gasteiger partial charge in [0.2, 0.25) is 11.8 Å². The third kappa shape index (κ3) is 2.76. The van der Waals surface area contributed by atoms with E-state index in [9.17, 15) is 0 Å². The molecule has 0 radical (unpaired) electrons. The Balaban J connectivity index is 2.01. The van der Waals surface area contributed by atoms with Crippen LogP contribution in [-0.4, -0.2) is 60.2 Å². The number of aryl methyl sites for hydroxylation is 1. The van der Waals surface area contributed by atoms with Crippen LogP contribution in [0.2, 0.25) is 0 Å². The molecule has 1 aliphatic rings. The normalized spacial score (nSPS) is 18.6. The molecule has 7 heteroatoms. The summed E-state index contributed by atoms with van der Waals surface area (Å²) in [6, 6.07) is 2.27. The standard InChI is InChI=1S/C15H22N6O/c1-9-7-11(22-4)18-14-12(9)13(16-2)19-15(20-14)17-10-5-6-21(3)8-10/h7,10H,5-6,8H2,1-4H3,(H2,16,17,18,19,20)/t10-/m1/s1. The predicted molar refractivity (Wildman–Crippen MR) is 87.7 cm³/mol. The minimum atomic E-state index is 0.374. The maximum atomic E-state index is 5.24. The molecule has 7 nitrogen and oxygen atoms in total. The maximum Gasteiger partial charge on any atom is 0.226 e. The number of nitrogens with zero attached hydrogens (tertiary/aromatic N) is 4. The Hall–Kier alpha value is -2.15. The van der Waals surface area contributed by atoms with E-state index in [1.807, 2.05) is 20.0 Å². The highest BCUT2D eigenvalue weighted by molar-refractivity contribution is 5.90. The average molecular weight is 302 g/mol. The van der Waals surface area contributed by atoms with Crippen LogP contribution in [0.5, 0.6) is 5.88 Å². The number of likely N-dealkylation sites (tertiary alicyclic amines) is 1. The predicted octanol–water partition coefficient (Wildman–Crippen LogP) is 1.50. The molecule has 0 amide bonds. The minimum Gasteiger partial charge on any atom is -0.481 e. The lowest BCUT2D eigenvalue weighted by Crippen LogP contribution is -2.24. The van der Waals surface area contributed by atoms with Gasteiger partial charge in [-0.2, -0.15) is 15.0 Å². The number of hydrogen-bond donors (Lipinski definition) is 2. The van der Waals surface area contributed by atoms with Gasteiger partial charge in [0.05, 0.1) is 12.5 Å². The van der Waals surface area contributed by atoms with Crippen molar-refractivity contribution in [3.63, 3.8) is 0 Å². The van der Waals surface area contributed by atoms with Crippen LogP contribution in [0.3, 0.4) is 0 Å². The third-order valence-corrected chi connectivity index (χ3v) is 4.01. The quantitative estimate of drug-likeness (QED) is 0.886. The number of fused-ring (bicyclic) bond motifs is 1. The van der Waals surface area contributed by atoms with E-state index in [1.165, 1.54) is 0 Å². The number of rotatable bonds is 4. The average Bonchev–Trinajstić information content (AvgIpc) is 2.90. The van der Waals surface area contributed by atoms with Crippen LogP contribution in [0.15, 0.2) is 6.07 Å². The van der Waals surface area contributed by atoms with Gasteiger partial charge in [-0.15, -0.1) is 0 Å². The fraction of sp³-hybridized carbons (Fsp3) is 0.533. The van der Waals surface area contributed by atoms with E-state index >= 15 is 0 Å². The van der Waals surface area contributed by atoms with Gasteiger partial charge in [0.15, 0.2) is 5.65 Å². The first-order valence-corrected chi connectivity index (χ1v) is 7.47. The van der Waals surface area contributed by atoms with E-state index in [0.717, 1.165) is 36.3 Å². The molecule has 1 atom stereocenters. The van der Waals surface area contributed by atoms with Crippen LogP contribution in [0, 0.1) is 6.92 Å². The molecule has 2 aromatic heterocycles. The highest BCUT2D eigenvalue weighted by Gasteiger charge is 2.21. The Morgan fingerprint density at radius 2 is 2.14 bits per heavy atom. The molecule has 0 aliphatic carbocycles. The monoisotopic (exact) mass is 302 g/mol. The van der Waals surface area contributed by atoms with Gasteiger partial charge >= 0.3 is 0 Å². The summed E-state index contributed by atoms with van der Waals surface area (Å²) in [5.74, 6) is 1.96. The second-order valence-corrected chi connectivity index (χ2v) is 5.72. The molecule has 0 unspecified atom stereocenters. The van der Waals surface area contributed by atoms with Crippen molar-refractivity contribution in [3.05, 3.63) is 11.6 Å². The van der Waals surface area contributed by atoms with Crippen LogP contribution in [0.4, 0.5) is 11.8 Å². The Morgan fingerprint density at radius 1 is 1.32 bits per heavy atom. The molecular formula is C15H22N6O. The SMILES string of the molecule is CNc1nc(N[C@@H]2CCN(C)C2)nc2nc(OC)cc(C)c12. The van der Waals surface area contributed by atoms with Crippen molar-refractivity contribution in [2.75, 3.05) is 44.9 Å². The van der Waals surface area contributed by atoms with E-state index < -0.39 is 0 Å². The van der Waals surface area contributed by atoms with Crippen LogP contribution in [-0.2, 0) is 0 Å². The molecule has 1 saturated heterocycles. The summed E-state index contributed by atoms with van der Waals surface area (Å²) in [5, 5.41) is 7.48. The van der Waals surface area contributed by atoms with Gasteiger partial charge in [0.25, 0.3) is 0 Å². The van der Waals surface area contributed by atoms with Gasteiger partial charge in [-0.05, 0) is 32.5 Å². The third-order valence-electron chi connectivity index (χ3n) is 4.01. The fourth-order valence-corrected chi connectivity index (χ4v) is 2.87. The first-order chi connectivity index (χ1) is 10.6. The van der Waals surface area contributed by atoms with E-state index in [2.05, 4.69) is 37.5 Å². The smallest absolute Gasteiger partial charge is 0.226 e. The molecular weight excluding hydrogens is 280 g/mol. The van der Waals surface area contributed by atoms with Gasteiger partial charge in [-0.3, -0.25) is 0 Å². The van der Waals surface area contributed by atoms with Crippen LogP contribution in [0.25, 0.3) is 11.0 Å². The number of aromatic nitrogens is 3. The van der Waals surface area contributed by atoms with Crippen LogP contribution >= 0.6 is 0 Å². The van der Waals surface area contributed by atoms with E-state index in [-0.39, 0.29) is 0 Å². The van der Waals surface area contributed by atoms with Crippen molar-refractivity contribution in [3.8, 4) is 5.88 Å². The summed E-state index contributed by atoms with van der Waals surface area (Å²) in [7, 11) is 5.59. The first-order valence-electron chi connectivity index (χ1n) is 7.47. The molecule has 22 heavy (non-hydrogen) atoms. The molecule has 2 aromatic rings. The molecule has 0 aromatic carbocycles. The molecule has 118 valence electrons. The zero-order chi connectivity index (χ0) is 15.7. The molecule has 0 bridgehead atoms. The Bertz CT molecular complexity index is 689. The van der Waals surface area contributed by atoms with Crippen LogP contribution in [0.1, 0.15) is 12.0 Å². The van der Waals surface area contributed by atoms with Crippen molar-refractivity contribution in [2.45, 2.75) is 19.4 Å². The van der Waals surface area contributed by atoms with Gasteiger partial charge in [0.1, 0.15) is 5.82 Å². The second kappa shape index (κ2) is 5.92. The highest BCUT2D eigenvalue weighted by atomic mass is 16.5. The molecule has 2 N–H and O–H groups in total. The van der Waals surface area contributed by atoms with E-state index in [4.69, 9.17) is 4.74 Å². The summed E-state index contributed by atoms with van der Waals surface area (Å²) < 4.78 is 5.24. The minimum absolute atomic E-state index is 0.374. The first kappa shape index (κ1) is 14.8. The summed E-state index contributed by atoms with van der Waals surface area (Å²) in [4.78, 5) is 15.9. The lowest BCUT2D eigenvalue weighted by molar-refractivity contribution is 0.399. The van der Waals surface area contributed by atoms with Crippen LogP contribution < -0.4 is 15.4 Å². The molecule has 0 saturated carbocycles. The van der Waals surface area contributed by atoms with Gasteiger partial charge in [-0.25, -0.2) is 0 Å². The van der Waals surface area contributed by atoms with Gasteiger partial charge in [0, 0.05) is 25.7 Å². The molecule has 1 fully saturated rings. The van der Waals surface area contributed by atoms with Gasteiger partial charge in [-0.1, -0.05) is 0 Å². The van der Waals surface area contributed by atoms with Crippen molar-refractivity contribution in [1.82, 2.24) is 19.9 Å². The number of hydrogen-bond acceptors (Lipinski definition) is 7. The highest BCUT2D eigenvalue weighted by Crippen LogP contribution is 2.27. The number of pyridine rings is 1. The number of methoxy groups -OCH3 is 1. The number of nitrogens with one attached hydrogen (secondary N) is 2. The fourth-order valence-electron chi connectivity index (χ4n) is 2.87. The zero-order valence-corrected chi connectivity index (χ0v) is 13.5. The van der Waals surface area contributed by atoms with Crippen molar-refractivity contribution in [1.29, 1.82) is 0 Å². The number of likely N-dealkylation sites (N-methyl/N-ethyl adjacent to an activating group) is 1. The topological polar surface area (TPSA) is 75.2 Å². The lowest BCUT2D eigenvalue weighted by atomic mass is 10.2. The van der Waals surface area contributed by atoms with E-state index in [0.29, 0.717) is 23.5 Å². The van der Waals surface area contributed by atoms with E-state index in [1.54, 1.807) is 7.11 Å². The number of anilines is 2. The molecule has 0 spiro atoms. The Kier molecular flexibility index (Phi) is 3.98. The van der Waals surface area contributed by atoms with Crippen molar-refractivity contribution in [2.24, 2.45) is 0 Å². The Labute approximate surface area is 130 Å². The van der Waals surface area contributed by atoms with Crippen molar-refractivity contribution < 1.29 is 4.74 Å². The summed E-state index contributed by atoms with van der Waals surface area (Å²) in [6.07, 6.45) is 1.09. The van der Waals surface area contributed by atoms with Gasteiger partial charge < -0.3 is 20.3 Å². The van der Waals surface area contributed by atoms with Crippen molar-refractivity contribution >= 4 is 22.8 Å².